The fourth-order valence-electron chi connectivity index (χ4n) is 3.62. The summed E-state index contributed by atoms with van der Waals surface area (Å²) in [6.45, 7) is 4.98. The van der Waals surface area contributed by atoms with E-state index in [2.05, 4.69) is 10.00 Å². The smallest absolute Gasteiger partial charge is 0.105 e. The van der Waals surface area contributed by atoms with Crippen molar-refractivity contribution in [1.29, 1.82) is 0 Å². The van der Waals surface area contributed by atoms with Gasteiger partial charge in [-0.25, -0.2) is 0 Å². The summed E-state index contributed by atoms with van der Waals surface area (Å²) in [6.07, 6.45) is 9.66. The van der Waals surface area contributed by atoms with Crippen LogP contribution in [0.2, 0.25) is 0 Å². The molecule has 4 rings (SSSR count). The molecule has 2 aliphatic heterocycles. The maximum Gasteiger partial charge on any atom is 0.105 e. The molecule has 0 aliphatic carbocycles. The van der Waals surface area contributed by atoms with Crippen molar-refractivity contribution in [3.8, 4) is 0 Å². The van der Waals surface area contributed by atoms with Crippen molar-refractivity contribution in [2.45, 2.75) is 37.6 Å². The van der Waals surface area contributed by atoms with E-state index in [0.29, 0.717) is 6.61 Å². The lowest BCUT2D eigenvalue weighted by molar-refractivity contribution is -0.0904. The molecular weight excluding hydrogens is 294 g/mol. The Morgan fingerprint density at radius 1 is 1.39 bits per heavy atom. The molecule has 2 fully saturated rings. The molecular formula is C17H23N3O3. The molecule has 0 unspecified atom stereocenters. The number of nitrogens with zero attached hydrogens (tertiary/aromatic N) is 3. The van der Waals surface area contributed by atoms with Gasteiger partial charge in [-0.15, -0.1) is 0 Å². The molecule has 124 valence electrons. The summed E-state index contributed by atoms with van der Waals surface area (Å²) in [5, 5.41) is 4.28. The van der Waals surface area contributed by atoms with E-state index in [1.807, 2.05) is 35.5 Å². The van der Waals surface area contributed by atoms with Crippen LogP contribution in [0.3, 0.4) is 0 Å². The van der Waals surface area contributed by atoms with E-state index in [0.717, 1.165) is 45.6 Å². The number of hydrogen-bond acceptors (Lipinski definition) is 5. The highest BCUT2D eigenvalue weighted by atomic mass is 16.6. The summed E-state index contributed by atoms with van der Waals surface area (Å²) in [5.74, 6) is 0. The topological polar surface area (TPSA) is 52.7 Å². The highest BCUT2D eigenvalue weighted by molar-refractivity contribution is 5.06. The molecule has 0 N–H and O–H groups in total. The molecule has 0 radical (unpaired) electrons. The molecule has 6 nitrogen and oxygen atoms in total. The van der Waals surface area contributed by atoms with E-state index in [1.165, 1.54) is 5.56 Å². The third kappa shape index (κ3) is 3.49. The summed E-state index contributed by atoms with van der Waals surface area (Å²) in [5.41, 5.74) is 1.02. The predicted molar refractivity (Wildman–Crippen MR) is 83.9 cm³/mol. The number of ether oxygens (including phenoxy) is 2. The third-order valence-electron chi connectivity index (χ3n) is 4.70. The average Bonchev–Trinajstić information content (AvgIpc) is 3.25. The van der Waals surface area contributed by atoms with Crippen LogP contribution in [0.1, 0.15) is 18.4 Å². The quantitative estimate of drug-likeness (QED) is 0.862. The van der Waals surface area contributed by atoms with Crippen LogP contribution in [-0.2, 0) is 22.6 Å². The first-order chi connectivity index (χ1) is 11.3. The van der Waals surface area contributed by atoms with E-state index in [4.69, 9.17) is 13.9 Å². The number of aromatic nitrogens is 2. The Bertz CT molecular complexity index is 599. The Balaban J connectivity index is 1.40. The minimum atomic E-state index is -0.182. The fraction of sp³-hybridized carbons (Fsp3) is 0.588. The number of hydrogen-bond donors (Lipinski definition) is 0. The third-order valence-corrected chi connectivity index (χ3v) is 4.70. The first kappa shape index (κ1) is 14.9. The SMILES string of the molecule is c1cnn(C[C@@H]2CC[C@@]3(COCCN(Cc4ccoc4)C3)O2)c1. The second-order valence-electron chi connectivity index (χ2n) is 6.58. The van der Waals surface area contributed by atoms with E-state index >= 15 is 0 Å². The van der Waals surface area contributed by atoms with Crippen molar-refractivity contribution in [1.82, 2.24) is 14.7 Å². The first-order valence-electron chi connectivity index (χ1n) is 8.28. The zero-order valence-electron chi connectivity index (χ0n) is 13.3. The van der Waals surface area contributed by atoms with Crippen LogP contribution < -0.4 is 0 Å². The van der Waals surface area contributed by atoms with Crippen LogP contribution in [0.5, 0.6) is 0 Å². The van der Waals surface area contributed by atoms with Crippen molar-refractivity contribution < 1.29 is 13.9 Å². The van der Waals surface area contributed by atoms with Crippen LogP contribution in [0.25, 0.3) is 0 Å². The van der Waals surface area contributed by atoms with Gasteiger partial charge < -0.3 is 13.9 Å². The molecule has 2 aromatic rings. The molecule has 2 aliphatic rings. The molecule has 0 amide bonds. The maximum atomic E-state index is 6.44. The standard InChI is InChI=1S/C17H23N3O3/c1-5-18-20(6-1)11-16-2-4-17(23-16)13-19(7-9-22-14-17)10-15-3-8-21-12-15/h1,3,5-6,8,12,16H,2,4,7,9-11,13-14H2/t16-,17+/m0/s1. The zero-order valence-corrected chi connectivity index (χ0v) is 13.3. The molecule has 0 bridgehead atoms. The minimum absolute atomic E-state index is 0.182. The normalized spacial score (nSPS) is 29.1. The van der Waals surface area contributed by atoms with Crippen LogP contribution in [0, 0.1) is 0 Å². The van der Waals surface area contributed by atoms with Crippen LogP contribution in [-0.4, -0.2) is 52.7 Å². The summed E-state index contributed by atoms with van der Waals surface area (Å²) < 4.78 is 19.4. The van der Waals surface area contributed by atoms with E-state index in [9.17, 15) is 0 Å². The molecule has 2 saturated heterocycles. The predicted octanol–water partition coefficient (Wildman–Crippen LogP) is 1.93. The molecule has 23 heavy (non-hydrogen) atoms. The monoisotopic (exact) mass is 317 g/mol. The Hall–Kier alpha value is -1.63. The van der Waals surface area contributed by atoms with Crippen molar-refractivity contribution in [3.05, 3.63) is 42.6 Å². The Morgan fingerprint density at radius 3 is 3.22 bits per heavy atom. The molecule has 2 atom stereocenters. The van der Waals surface area contributed by atoms with Gasteiger partial charge in [0, 0.05) is 37.6 Å². The lowest BCUT2D eigenvalue weighted by atomic mass is 10.00. The maximum absolute atomic E-state index is 6.44. The molecule has 0 aromatic carbocycles. The molecule has 2 aromatic heterocycles. The highest BCUT2D eigenvalue weighted by Crippen LogP contribution is 2.34. The van der Waals surface area contributed by atoms with E-state index < -0.39 is 0 Å². The second kappa shape index (κ2) is 6.47. The zero-order chi connectivity index (χ0) is 15.5. The number of rotatable bonds is 4. The van der Waals surface area contributed by atoms with Gasteiger partial charge in [-0.3, -0.25) is 9.58 Å². The van der Waals surface area contributed by atoms with Crippen LogP contribution >= 0.6 is 0 Å². The largest absolute Gasteiger partial charge is 0.472 e. The first-order valence-corrected chi connectivity index (χ1v) is 8.28. The van der Waals surface area contributed by atoms with Gasteiger partial charge in [-0.1, -0.05) is 0 Å². The van der Waals surface area contributed by atoms with Crippen molar-refractivity contribution in [3.63, 3.8) is 0 Å². The van der Waals surface area contributed by atoms with Gasteiger partial charge >= 0.3 is 0 Å². The average molecular weight is 317 g/mol. The van der Waals surface area contributed by atoms with Crippen molar-refractivity contribution in [2.24, 2.45) is 0 Å². The molecule has 6 heteroatoms. The van der Waals surface area contributed by atoms with Crippen LogP contribution in [0.15, 0.2) is 41.5 Å². The fourth-order valence-corrected chi connectivity index (χ4v) is 3.62. The summed E-state index contributed by atoms with van der Waals surface area (Å²) in [4.78, 5) is 2.41. The lowest BCUT2D eigenvalue weighted by Gasteiger charge is -2.31. The summed E-state index contributed by atoms with van der Waals surface area (Å²) >= 11 is 0. The van der Waals surface area contributed by atoms with Gasteiger partial charge in [0.25, 0.3) is 0 Å². The van der Waals surface area contributed by atoms with Gasteiger partial charge in [0.05, 0.1) is 38.4 Å². The van der Waals surface area contributed by atoms with Crippen molar-refractivity contribution >= 4 is 0 Å². The van der Waals surface area contributed by atoms with Gasteiger partial charge in [-0.2, -0.15) is 5.10 Å². The Morgan fingerprint density at radius 2 is 2.39 bits per heavy atom. The molecule has 0 saturated carbocycles. The van der Waals surface area contributed by atoms with Gasteiger partial charge in [-0.05, 0) is 25.0 Å². The van der Waals surface area contributed by atoms with Crippen LogP contribution in [0.4, 0.5) is 0 Å². The minimum Gasteiger partial charge on any atom is -0.472 e. The number of furan rings is 1. The Kier molecular flexibility index (Phi) is 4.20. The van der Waals surface area contributed by atoms with Gasteiger partial charge in [0.15, 0.2) is 0 Å². The van der Waals surface area contributed by atoms with E-state index in [1.54, 1.807) is 6.26 Å². The van der Waals surface area contributed by atoms with Crippen molar-refractivity contribution in [2.75, 3.05) is 26.3 Å². The second-order valence-corrected chi connectivity index (χ2v) is 6.58. The Labute approximate surface area is 136 Å². The summed E-state index contributed by atoms with van der Waals surface area (Å²) in [6, 6.07) is 3.97. The summed E-state index contributed by atoms with van der Waals surface area (Å²) in [7, 11) is 0. The van der Waals surface area contributed by atoms with E-state index in [-0.39, 0.29) is 11.7 Å². The highest BCUT2D eigenvalue weighted by Gasteiger charge is 2.43. The van der Waals surface area contributed by atoms with Gasteiger partial charge in [0.2, 0.25) is 0 Å². The molecule has 4 heterocycles. The lowest BCUT2D eigenvalue weighted by Crippen LogP contribution is -2.44. The molecule has 1 spiro atoms. The van der Waals surface area contributed by atoms with Gasteiger partial charge in [0.1, 0.15) is 5.60 Å².